The lowest BCUT2D eigenvalue weighted by molar-refractivity contribution is 0.104. The molecule has 2 aromatic carbocycles. The molecule has 3 heteroatoms. The highest BCUT2D eigenvalue weighted by molar-refractivity contribution is 5.28. The van der Waals surface area contributed by atoms with Gasteiger partial charge in [0.15, 0.2) is 0 Å². The Balaban J connectivity index is 1.45. The summed E-state index contributed by atoms with van der Waals surface area (Å²) in [4.78, 5) is 0. The number of epoxide rings is 1. The zero-order valence-electron chi connectivity index (χ0n) is 11.5. The molecule has 0 spiro atoms. The number of methoxy groups -OCH3 is 1. The maximum Gasteiger partial charge on any atom is 0.119 e. The summed E-state index contributed by atoms with van der Waals surface area (Å²) in [5.74, 6) is 0.857. The van der Waals surface area contributed by atoms with E-state index in [9.17, 15) is 0 Å². The summed E-state index contributed by atoms with van der Waals surface area (Å²) < 4.78 is 16.5. The van der Waals surface area contributed by atoms with E-state index in [1.54, 1.807) is 7.11 Å². The minimum Gasteiger partial charge on any atom is -0.497 e. The topological polar surface area (TPSA) is 31.0 Å². The number of hydrogen-bond donors (Lipinski definition) is 0. The summed E-state index contributed by atoms with van der Waals surface area (Å²) in [6.07, 6.45) is 0.379. The van der Waals surface area contributed by atoms with E-state index in [4.69, 9.17) is 14.2 Å². The molecule has 1 heterocycles. The van der Waals surface area contributed by atoms with E-state index < -0.39 is 0 Å². The van der Waals surface area contributed by atoms with Crippen LogP contribution in [0.5, 0.6) is 5.75 Å². The summed E-state index contributed by atoms with van der Waals surface area (Å²) >= 11 is 0. The third kappa shape index (κ3) is 3.18. The second kappa shape index (κ2) is 6.07. The summed E-state index contributed by atoms with van der Waals surface area (Å²) in [5.41, 5.74) is 2.34. The van der Waals surface area contributed by atoms with Gasteiger partial charge in [-0.25, -0.2) is 0 Å². The Morgan fingerprint density at radius 1 is 1.05 bits per heavy atom. The van der Waals surface area contributed by atoms with Gasteiger partial charge in [-0.1, -0.05) is 42.5 Å². The maximum atomic E-state index is 5.71. The molecule has 20 heavy (non-hydrogen) atoms. The molecule has 0 aliphatic carbocycles. The van der Waals surface area contributed by atoms with Crippen LogP contribution in [0.2, 0.25) is 0 Å². The van der Waals surface area contributed by atoms with Gasteiger partial charge in [0.2, 0.25) is 0 Å². The van der Waals surface area contributed by atoms with Crippen LogP contribution in [0, 0.1) is 0 Å². The van der Waals surface area contributed by atoms with Crippen LogP contribution in [0.1, 0.15) is 17.2 Å². The van der Waals surface area contributed by atoms with Crippen molar-refractivity contribution in [2.24, 2.45) is 0 Å². The Kier molecular flexibility index (Phi) is 4.00. The second-order valence-electron chi connectivity index (χ2n) is 4.87. The Morgan fingerprint density at radius 2 is 1.90 bits per heavy atom. The Morgan fingerprint density at radius 3 is 2.70 bits per heavy atom. The molecular formula is C17H18O3. The number of hydrogen-bond acceptors (Lipinski definition) is 3. The SMILES string of the molecule is COc1cccc(COC[C@@H]2O[C@H]2c2ccccc2)c1. The highest BCUT2D eigenvalue weighted by Crippen LogP contribution is 2.38. The molecule has 1 aliphatic rings. The zero-order chi connectivity index (χ0) is 13.8. The smallest absolute Gasteiger partial charge is 0.119 e. The van der Waals surface area contributed by atoms with E-state index in [1.807, 2.05) is 42.5 Å². The van der Waals surface area contributed by atoms with Crippen molar-refractivity contribution in [3.05, 3.63) is 65.7 Å². The highest BCUT2D eigenvalue weighted by atomic mass is 16.6. The molecule has 2 atom stereocenters. The molecule has 0 bridgehead atoms. The van der Waals surface area contributed by atoms with E-state index in [1.165, 1.54) is 5.56 Å². The summed E-state index contributed by atoms with van der Waals surface area (Å²) in [7, 11) is 1.67. The van der Waals surface area contributed by atoms with Gasteiger partial charge >= 0.3 is 0 Å². The van der Waals surface area contributed by atoms with Crippen molar-refractivity contribution >= 4 is 0 Å². The maximum absolute atomic E-state index is 5.71. The van der Waals surface area contributed by atoms with Crippen LogP contribution in [0.3, 0.4) is 0 Å². The quantitative estimate of drug-likeness (QED) is 0.754. The molecule has 0 unspecified atom stereocenters. The fraction of sp³-hybridized carbons (Fsp3) is 0.294. The first-order valence-electron chi connectivity index (χ1n) is 6.78. The average molecular weight is 270 g/mol. The molecule has 1 saturated heterocycles. The van der Waals surface area contributed by atoms with Crippen molar-refractivity contribution < 1.29 is 14.2 Å². The van der Waals surface area contributed by atoms with Gasteiger partial charge in [0, 0.05) is 0 Å². The number of ether oxygens (including phenoxy) is 3. The van der Waals surface area contributed by atoms with Crippen LogP contribution < -0.4 is 4.74 Å². The fourth-order valence-corrected chi connectivity index (χ4v) is 2.26. The summed E-state index contributed by atoms with van der Waals surface area (Å²) in [5, 5.41) is 0. The van der Waals surface area contributed by atoms with E-state index >= 15 is 0 Å². The molecule has 0 N–H and O–H groups in total. The molecule has 0 amide bonds. The molecular weight excluding hydrogens is 252 g/mol. The van der Waals surface area contributed by atoms with Gasteiger partial charge in [-0.2, -0.15) is 0 Å². The lowest BCUT2D eigenvalue weighted by atomic mass is 10.1. The van der Waals surface area contributed by atoms with Crippen molar-refractivity contribution in [1.29, 1.82) is 0 Å². The van der Waals surface area contributed by atoms with Gasteiger partial charge in [-0.3, -0.25) is 0 Å². The van der Waals surface area contributed by atoms with Crippen molar-refractivity contribution in [2.45, 2.75) is 18.8 Å². The monoisotopic (exact) mass is 270 g/mol. The molecule has 1 fully saturated rings. The van der Waals surface area contributed by atoms with Gasteiger partial charge < -0.3 is 14.2 Å². The lowest BCUT2D eigenvalue weighted by Gasteiger charge is -2.05. The lowest BCUT2D eigenvalue weighted by Crippen LogP contribution is -2.03. The summed E-state index contributed by atoms with van der Waals surface area (Å²) in [6.45, 7) is 1.20. The fourth-order valence-electron chi connectivity index (χ4n) is 2.26. The first kappa shape index (κ1) is 13.2. The van der Waals surface area contributed by atoms with Gasteiger partial charge in [0.05, 0.1) is 20.3 Å². The Bertz CT molecular complexity index is 553. The number of rotatable bonds is 6. The van der Waals surface area contributed by atoms with E-state index in [0.717, 1.165) is 11.3 Å². The predicted octanol–water partition coefficient (Wildman–Crippen LogP) is 3.35. The van der Waals surface area contributed by atoms with Gasteiger partial charge in [0.1, 0.15) is 18.0 Å². The van der Waals surface area contributed by atoms with Crippen molar-refractivity contribution in [1.82, 2.24) is 0 Å². The largest absolute Gasteiger partial charge is 0.497 e. The Labute approximate surface area is 119 Å². The molecule has 2 aromatic rings. The molecule has 3 nitrogen and oxygen atoms in total. The molecule has 104 valence electrons. The average Bonchev–Trinajstić information content (AvgIpc) is 3.28. The van der Waals surface area contributed by atoms with E-state index in [-0.39, 0.29) is 12.2 Å². The summed E-state index contributed by atoms with van der Waals surface area (Å²) in [6, 6.07) is 18.2. The first-order valence-corrected chi connectivity index (χ1v) is 6.78. The minimum atomic E-state index is 0.183. The third-order valence-corrected chi connectivity index (χ3v) is 3.40. The molecule has 3 rings (SSSR count). The van der Waals surface area contributed by atoms with Crippen LogP contribution >= 0.6 is 0 Å². The van der Waals surface area contributed by atoms with Crippen molar-refractivity contribution in [3.63, 3.8) is 0 Å². The van der Waals surface area contributed by atoms with Gasteiger partial charge in [0.25, 0.3) is 0 Å². The molecule has 0 aromatic heterocycles. The van der Waals surface area contributed by atoms with Crippen LogP contribution in [0.25, 0.3) is 0 Å². The van der Waals surface area contributed by atoms with Crippen molar-refractivity contribution in [2.75, 3.05) is 13.7 Å². The van der Waals surface area contributed by atoms with Crippen LogP contribution in [0.15, 0.2) is 54.6 Å². The van der Waals surface area contributed by atoms with E-state index in [2.05, 4.69) is 12.1 Å². The zero-order valence-corrected chi connectivity index (χ0v) is 11.5. The van der Waals surface area contributed by atoms with Crippen LogP contribution in [-0.4, -0.2) is 19.8 Å². The van der Waals surface area contributed by atoms with Crippen molar-refractivity contribution in [3.8, 4) is 5.75 Å². The number of benzene rings is 2. The predicted molar refractivity (Wildman–Crippen MR) is 76.7 cm³/mol. The standard InChI is InChI=1S/C17H18O3/c1-18-15-9-5-6-13(10-15)11-19-12-16-17(20-16)14-7-3-2-4-8-14/h2-10,16-17H,11-12H2,1H3/t16-,17-/m0/s1. The highest BCUT2D eigenvalue weighted by Gasteiger charge is 2.39. The molecule has 0 saturated carbocycles. The first-order chi connectivity index (χ1) is 9.86. The minimum absolute atomic E-state index is 0.183. The van der Waals surface area contributed by atoms with Crippen LogP contribution in [0.4, 0.5) is 0 Å². The third-order valence-electron chi connectivity index (χ3n) is 3.40. The van der Waals surface area contributed by atoms with Gasteiger partial charge in [-0.05, 0) is 23.3 Å². The van der Waals surface area contributed by atoms with Crippen LogP contribution in [-0.2, 0) is 16.1 Å². The second-order valence-corrected chi connectivity index (χ2v) is 4.87. The van der Waals surface area contributed by atoms with Gasteiger partial charge in [-0.15, -0.1) is 0 Å². The molecule has 0 radical (unpaired) electrons. The normalized spacial score (nSPS) is 20.6. The Hall–Kier alpha value is -1.84. The molecule has 1 aliphatic heterocycles. The van der Waals surface area contributed by atoms with E-state index in [0.29, 0.717) is 13.2 Å².